The Labute approximate surface area is 101 Å². The number of thioether (sulfide) groups is 1. The summed E-state index contributed by atoms with van der Waals surface area (Å²) < 4.78 is 5.15. The molecule has 0 bridgehead atoms. The van der Waals surface area contributed by atoms with E-state index in [0.717, 1.165) is 23.0 Å². The summed E-state index contributed by atoms with van der Waals surface area (Å²) in [7, 11) is 1.72. The highest BCUT2D eigenvalue weighted by Gasteiger charge is 2.08. The monoisotopic (exact) mass is 241 g/mol. The predicted molar refractivity (Wildman–Crippen MR) is 66.8 cm³/mol. The molecule has 1 aromatic heterocycles. The van der Waals surface area contributed by atoms with Gasteiger partial charge in [-0.3, -0.25) is 0 Å². The molecule has 1 heterocycles. The number of nitrogens with zero attached hydrogens (tertiary/aromatic N) is 2. The fourth-order valence-corrected chi connectivity index (χ4v) is 2.11. The summed E-state index contributed by atoms with van der Waals surface area (Å²) in [4.78, 5) is 8.51. The number of aromatic nitrogens is 2. The molecular weight excluding hydrogens is 222 g/mol. The molecule has 1 rings (SSSR count). The third-order valence-electron chi connectivity index (χ3n) is 2.03. The molecule has 1 unspecified atom stereocenters. The summed E-state index contributed by atoms with van der Waals surface area (Å²) in [6.07, 6.45) is 3.68. The van der Waals surface area contributed by atoms with Gasteiger partial charge in [0.05, 0.1) is 6.61 Å². The van der Waals surface area contributed by atoms with Crippen LogP contribution in [0, 0.1) is 6.92 Å². The number of methoxy groups -OCH3 is 1. The first-order chi connectivity index (χ1) is 7.76. The van der Waals surface area contributed by atoms with Crippen LogP contribution in [-0.2, 0) is 4.74 Å². The normalized spacial score (nSPS) is 12.7. The summed E-state index contributed by atoms with van der Waals surface area (Å²) in [5.41, 5.74) is 1.09. The lowest BCUT2D eigenvalue weighted by Crippen LogP contribution is -2.35. The second kappa shape index (κ2) is 7.60. The van der Waals surface area contributed by atoms with Crippen molar-refractivity contribution in [3.63, 3.8) is 0 Å². The van der Waals surface area contributed by atoms with Crippen molar-refractivity contribution in [2.75, 3.05) is 26.0 Å². The number of hydrogen-bond acceptors (Lipinski definition) is 5. The summed E-state index contributed by atoms with van der Waals surface area (Å²) in [6.45, 7) is 5.74. The Balaban J connectivity index is 2.38. The highest BCUT2D eigenvalue weighted by Crippen LogP contribution is 2.13. The molecule has 0 saturated carbocycles. The molecule has 16 heavy (non-hydrogen) atoms. The second-order valence-electron chi connectivity index (χ2n) is 3.56. The van der Waals surface area contributed by atoms with E-state index in [4.69, 9.17) is 4.74 Å². The van der Waals surface area contributed by atoms with Crippen LogP contribution in [0.1, 0.15) is 12.5 Å². The first-order valence-corrected chi connectivity index (χ1v) is 6.38. The Bertz CT molecular complexity index is 286. The van der Waals surface area contributed by atoms with Crippen molar-refractivity contribution in [1.29, 1.82) is 0 Å². The maximum atomic E-state index is 5.15. The summed E-state index contributed by atoms with van der Waals surface area (Å²) in [5.74, 6) is 0.921. The smallest absolute Gasteiger partial charge is 0.187 e. The molecule has 90 valence electrons. The maximum absolute atomic E-state index is 5.15. The van der Waals surface area contributed by atoms with Crippen molar-refractivity contribution in [1.82, 2.24) is 15.3 Å². The molecule has 0 aromatic carbocycles. The number of ether oxygens (including phenoxy) is 1. The highest BCUT2D eigenvalue weighted by molar-refractivity contribution is 7.99. The molecule has 1 atom stereocenters. The van der Waals surface area contributed by atoms with Gasteiger partial charge in [0.15, 0.2) is 5.16 Å². The predicted octanol–water partition coefficient (Wildman–Crippen LogP) is 1.50. The summed E-state index contributed by atoms with van der Waals surface area (Å²) in [5, 5.41) is 4.19. The molecule has 4 nitrogen and oxygen atoms in total. The lowest BCUT2D eigenvalue weighted by molar-refractivity contribution is 0.174. The Hall–Kier alpha value is -0.650. The molecule has 0 fully saturated rings. The van der Waals surface area contributed by atoms with Crippen LogP contribution in [0.5, 0.6) is 0 Å². The van der Waals surface area contributed by atoms with Crippen molar-refractivity contribution in [3.05, 3.63) is 18.0 Å². The quantitative estimate of drug-likeness (QED) is 0.579. The van der Waals surface area contributed by atoms with E-state index in [1.807, 2.05) is 19.3 Å². The van der Waals surface area contributed by atoms with Gasteiger partial charge in [-0.15, -0.1) is 0 Å². The summed E-state index contributed by atoms with van der Waals surface area (Å²) in [6, 6.07) is 0.352. The van der Waals surface area contributed by atoms with Crippen LogP contribution in [0.4, 0.5) is 0 Å². The van der Waals surface area contributed by atoms with Gasteiger partial charge in [0.1, 0.15) is 0 Å². The number of hydrogen-bond donors (Lipinski definition) is 1. The van der Waals surface area contributed by atoms with E-state index in [1.54, 1.807) is 18.9 Å². The average Bonchev–Trinajstić information content (AvgIpc) is 2.29. The highest BCUT2D eigenvalue weighted by atomic mass is 32.2. The van der Waals surface area contributed by atoms with Gasteiger partial charge >= 0.3 is 0 Å². The molecule has 1 N–H and O–H groups in total. The van der Waals surface area contributed by atoms with Crippen LogP contribution in [0.25, 0.3) is 0 Å². The standard InChI is InChI=1S/C11H19N3OS/c1-4-12-10(7-15-3)8-16-11-13-5-9(2)6-14-11/h5-6,10,12H,4,7-8H2,1-3H3. The maximum Gasteiger partial charge on any atom is 0.187 e. The fraction of sp³-hybridized carbons (Fsp3) is 0.636. The van der Waals surface area contributed by atoms with Crippen molar-refractivity contribution in [2.45, 2.75) is 25.0 Å². The minimum Gasteiger partial charge on any atom is -0.383 e. The molecule has 0 amide bonds. The van der Waals surface area contributed by atoms with Crippen LogP contribution >= 0.6 is 11.8 Å². The van der Waals surface area contributed by atoms with E-state index in [9.17, 15) is 0 Å². The largest absolute Gasteiger partial charge is 0.383 e. The van der Waals surface area contributed by atoms with Gasteiger partial charge in [0, 0.05) is 31.3 Å². The first kappa shape index (κ1) is 13.4. The molecule has 0 aliphatic carbocycles. The molecule has 0 spiro atoms. The lowest BCUT2D eigenvalue weighted by Gasteiger charge is -2.15. The van der Waals surface area contributed by atoms with E-state index in [2.05, 4.69) is 22.2 Å². The van der Waals surface area contributed by atoms with Crippen LogP contribution < -0.4 is 5.32 Å². The van der Waals surface area contributed by atoms with Gasteiger partial charge in [-0.25, -0.2) is 9.97 Å². The Morgan fingerprint density at radius 2 is 2.12 bits per heavy atom. The lowest BCUT2D eigenvalue weighted by atomic mass is 10.3. The second-order valence-corrected chi connectivity index (χ2v) is 4.55. The summed E-state index contributed by atoms with van der Waals surface area (Å²) >= 11 is 1.65. The molecule has 1 aromatic rings. The third-order valence-corrected chi connectivity index (χ3v) is 3.07. The topological polar surface area (TPSA) is 47.0 Å². The average molecular weight is 241 g/mol. The molecule has 0 aliphatic rings. The van der Waals surface area contributed by atoms with Crippen LogP contribution in [0.15, 0.2) is 17.6 Å². The van der Waals surface area contributed by atoms with Gasteiger partial charge in [-0.1, -0.05) is 18.7 Å². The van der Waals surface area contributed by atoms with Gasteiger partial charge in [-0.05, 0) is 19.0 Å². The van der Waals surface area contributed by atoms with Gasteiger partial charge in [-0.2, -0.15) is 0 Å². The third kappa shape index (κ3) is 4.92. The number of rotatable bonds is 7. The zero-order valence-electron chi connectivity index (χ0n) is 10.1. The number of nitrogens with one attached hydrogen (secondary N) is 1. The molecule has 0 aliphatic heterocycles. The first-order valence-electron chi connectivity index (χ1n) is 5.40. The van der Waals surface area contributed by atoms with Crippen molar-refractivity contribution >= 4 is 11.8 Å². The van der Waals surface area contributed by atoms with E-state index < -0.39 is 0 Å². The van der Waals surface area contributed by atoms with Crippen molar-refractivity contribution < 1.29 is 4.74 Å². The van der Waals surface area contributed by atoms with Gasteiger partial charge in [0.2, 0.25) is 0 Å². The molecule has 0 radical (unpaired) electrons. The zero-order valence-corrected chi connectivity index (χ0v) is 10.9. The SMILES string of the molecule is CCNC(COC)CSc1ncc(C)cn1. The fourth-order valence-electron chi connectivity index (χ4n) is 1.29. The number of aryl methyl sites for hydroxylation is 1. The van der Waals surface area contributed by atoms with Crippen LogP contribution in [0.3, 0.4) is 0 Å². The number of likely N-dealkylation sites (N-methyl/N-ethyl adjacent to an activating group) is 1. The van der Waals surface area contributed by atoms with Gasteiger partial charge in [0.25, 0.3) is 0 Å². The molecule has 5 heteroatoms. The van der Waals surface area contributed by atoms with Crippen LogP contribution in [-0.4, -0.2) is 42.0 Å². The van der Waals surface area contributed by atoms with E-state index in [-0.39, 0.29) is 0 Å². The molecular formula is C11H19N3OS. The minimum absolute atomic E-state index is 0.352. The molecule has 0 saturated heterocycles. The van der Waals surface area contributed by atoms with Crippen molar-refractivity contribution in [2.24, 2.45) is 0 Å². The van der Waals surface area contributed by atoms with Crippen LogP contribution in [0.2, 0.25) is 0 Å². The Morgan fingerprint density at radius 1 is 1.44 bits per heavy atom. The van der Waals surface area contributed by atoms with Gasteiger partial charge < -0.3 is 10.1 Å². The van der Waals surface area contributed by atoms with E-state index in [1.165, 1.54) is 0 Å². The van der Waals surface area contributed by atoms with Crippen molar-refractivity contribution in [3.8, 4) is 0 Å². The Kier molecular flexibility index (Phi) is 6.37. The Morgan fingerprint density at radius 3 is 2.69 bits per heavy atom. The van der Waals surface area contributed by atoms with E-state index in [0.29, 0.717) is 12.6 Å². The zero-order chi connectivity index (χ0) is 11.8. The van der Waals surface area contributed by atoms with E-state index >= 15 is 0 Å². The minimum atomic E-state index is 0.352.